The highest BCUT2D eigenvalue weighted by molar-refractivity contribution is 7.90. The van der Waals surface area contributed by atoms with Crippen molar-refractivity contribution in [3.05, 3.63) is 35.4 Å². The summed E-state index contributed by atoms with van der Waals surface area (Å²) in [5.74, 6) is -0.515. The van der Waals surface area contributed by atoms with E-state index in [4.69, 9.17) is 4.74 Å². The number of anilines is 1. The van der Waals surface area contributed by atoms with Gasteiger partial charge in [0.25, 0.3) is 0 Å². The van der Waals surface area contributed by atoms with Gasteiger partial charge in [-0.25, -0.2) is 12.7 Å². The molecule has 0 bridgehead atoms. The molecule has 30 heavy (non-hydrogen) atoms. The molecule has 0 radical (unpaired) electrons. The van der Waals surface area contributed by atoms with Gasteiger partial charge in [-0.2, -0.15) is 0 Å². The first-order valence-corrected chi connectivity index (χ1v) is 11.9. The second-order valence-electron chi connectivity index (χ2n) is 8.62. The van der Waals surface area contributed by atoms with E-state index >= 15 is 0 Å². The van der Waals surface area contributed by atoms with Gasteiger partial charge in [0.15, 0.2) is 0 Å². The van der Waals surface area contributed by atoms with Crippen molar-refractivity contribution in [1.29, 1.82) is 0 Å². The number of methoxy groups -OCH3 is 1. The molecule has 2 N–H and O–H groups in total. The van der Waals surface area contributed by atoms with E-state index in [2.05, 4.69) is 5.32 Å². The zero-order chi connectivity index (χ0) is 22.1. The summed E-state index contributed by atoms with van der Waals surface area (Å²) in [6.45, 7) is 6.44. The van der Waals surface area contributed by atoms with Gasteiger partial charge in [0, 0.05) is 24.3 Å². The van der Waals surface area contributed by atoms with Gasteiger partial charge in [-0.3, -0.25) is 4.79 Å². The highest BCUT2D eigenvalue weighted by Gasteiger charge is 2.40. The normalized spacial score (nSPS) is 20.6. The van der Waals surface area contributed by atoms with Gasteiger partial charge < -0.3 is 15.2 Å². The summed E-state index contributed by atoms with van der Waals surface area (Å²) in [6, 6.07) is 5.61. The van der Waals surface area contributed by atoms with Crippen molar-refractivity contribution < 1.29 is 23.1 Å². The number of sulfonamides is 1. The summed E-state index contributed by atoms with van der Waals surface area (Å²) in [5, 5.41) is 12.3. The fourth-order valence-corrected chi connectivity index (χ4v) is 6.45. The quantitative estimate of drug-likeness (QED) is 0.666. The molecule has 0 amide bonds. The zero-order valence-corrected chi connectivity index (χ0v) is 19.0. The second kappa shape index (κ2) is 8.69. The molecule has 1 fully saturated rings. The number of nitrogens with zero attached hydrogens (tertiary/aromatic N) is 1. The third kappa shape index (κ3) is 4.40. The number of hydrogen-bond acceptors (Lipinski definition) is 6. The molecule has 0 spiro atoms. The molecule has 0 aromatic heterocycles. The molecule has 0 aliphatic carbocycles. The lowest BCUT2D eigenvalue weighted by atomic mass is 9.87. The van der Waals surface area contributed by atoms with Crippen molar-refractivity contribution in [3.8, 4) is 0 Å². The first kappa shape index (κ1) is 22.8. The van der Waals surface area contributed by atoms with E-state index in [0.717, 1.165) is 22.4 Å². The first-order chi connectivity index (χ1) is 14.1. The molecule has 1 unspecified atom stereocenters. The number of benzene rings is 1. The molecule has 1 aromatic rings. The van der Waals surface area contributed by atoms with Crippen LogP contribution in [0.1, 0.15) is 51.2 Å². The summed E-state index contributed by atoms with van der Waals surface area (Å²) in [7, 11) is -2.26. The van der Waals surface area contributed by atoms with Crippen LogP contribution in [0.25, 0.3) is 5.57 Å². The van der Waals surface area contributed by atoms with E-state index in [1.54, 1.807) is 0 Å². The third-order valence-corrected chi connectivity index (χ3v) is 8.37. The molecule has 3 rings (SSSR count). The van der Waals surface area contributed by atoms with Gasteiger partial charge in [-0.05, 0) is 56.4 Å². The Morgan fingerprint density at radius 1 is 1.33 bits per heavy atom. The molecule has 2 aliphatic rings. The molecule has 8 heteroatoms. The Kier molecular flexibility index (Phi) is 6.60. The van der Waals surface area contributed by atoms with Gasteiger partial charge in [0.1, 0.15) is 5.25 Å². The predicted molar refractivity (Wildman–Crippen MR) is 117 cm³/mol. The Morgan fingerprint density at radius 3 is 2.57 bits per heavy atom. The predicted octanol–water partition coefficient (Wildman–Crippen LogP) is 2.76. The Balaban J connectivity index is 1.95. The van der Waals surface area contributed by atoms with Gasteiger partial charge in [0.05, 0.1) is 25.2 Å². The molecule has 166 valence electrons. The lowest BCUT2D eigenvalue weighted by molar-refractivity contribution is -0.146. The number of aliphatic hydroxyl groups excluding tert-OH is 1. The molecule has 1 atom stereocenters. The Morgan fingerprint density at radius 2 is 2.00 bits per heavy atom. The van der Waals surface area contributed by atoms with Crippen LogP contribution in [0.15, 0.2) is 24.3 Å². The number of carbonyl (C=O) groups excluding carboxylic acids is 1. The SMILES string of the molecule is CCC(C1=CC(C)(C)Nc2ccc(CO)cc21)S(=O)(=O)N1CCC(C(=O)OC)CC1. The maximum atomic E-state index is 13.6. The lowest BCUT2D eigenvalue weighted by Crippen LogP contribution is -2.45. The van der Waals surface area contributed by atoms with Crippen LogP contribution in [0.5, 0.6) is 0 Å². The highest BCUT2D eigenvalue weighted by atomic mass is 32.2. The lowest BCUT2D eigenvalue weighted by Gasteiger charge is -2.37. The maximum Gasteiger partial charge on any atom is 0.308 e. The Bertz CT molecular complexity index is 931. The maximum absolute atomic E-state index is 13.6. The van der Waals surface area contributed by atoms with Gasteiger partial charge in [-0.15, -0.1) is 0 Å². The minimum Gasteiger partial charge on any atom is -0.469 e. The van der Waals surface area contributed by atoms with Crippen LogP contribution in [0.4, 0.5) is 5.69 Å². The van der Waals surface area contributed by atoms with E-state index in [1.807, 2.05) is 45.0 Å². The van der Waals surface area contributed by atoms with Crippen molar-refractivity contribution in [2.24, 2.45) is 5.92 Å². The molecule has 2 aliphatic heterocycles. The average Bonchev–Trinajstić information content (AvgIpc) is 2.72. The molecular formula is C22H32N2O5S. The number of ether oxygens (including phenoxy) is 1. The Hall–Kier alpha value is -1.90. The first-order valence-electron chi connectivity index (χ1n) is 10.4. The summed E-state index contributed by atoms with van der Waals surface area (Å²) in [5.41, 5.74) is 2.80. The number of nitrogens with one attached hydrogen (secondary N) is 1. The summed E-state index contributed by atoms with van der Waals surface area (Å²) in [4.78, 5) is 11.8. The van der Waals surface area contributed by atoms with Crippen LogP contribution in [0.2, 0.25) is 0 Å². The van der Waals surface area contributed by atoms with Crippen LogP contribution in [-0.4, -0.2) is 54.8 Å². The van der Waals surface area contributed by atoms with Gasteiger partial charge >= 0.3 is 5.97 Å². The molecular weight excluding hydrogens is 404 g/mol. The van der Waals surface area contributed by atoms with Crippen molar-refractivity contribution in [3.63, 3.8) is 0 Å². The summed E-state index contributed by atoms with van der Waals surface area (Å²) < 4.78 is 33.6. The fourth-order valence-electron chi connectivity index (χ4n) is 4.44. The van der Waals surface area contributed by atoms with Crippen LogP contribution in [-0.2, 0) is 26.2 Å². The molecule has 7 nitrogen and oxygen atoms in total. The van der Waals surface area contributed by atoms with E-state index in [9.17, 15) is 18.3 Å². The van der Waals surface area contributed by atoms with Gasteiger partial charge in [0.2, 0.25) is 10.0 Å². The number of aliphatic hydroxyl groups is 1. The number of esters is 1. The number of hydrogen-bond donors (Lipinski definition) is 2. The average molecular weight is 437 g/mol. The number of piperidine rings is 1. The second-order valence-corrected chi connectivity index (χ2v) is 10.7. The minimum atomic E-state index is -3.62. The van der Waals surface area contributed by atoms with Crippen LogP contribution in [0.3, 0.4) is 0 Å². The van der Waals surface area contributed by atoms with Crippen LogP contribution < -0.4 is 5.32 Å². The van der Waals surface area contributed by atoms with Crippen molar-refractivity contribution in [1.82, 2.24) is 4.31 Å². The third-order valence-electron chi connectivity index (χ3n) is 5.98. The van der Waals surface area contributed by atoms with Crippen molar-refractivity contribution in [2.75, 3.05) is 25.5 Å². The highest BCUT2D eigenvalue weighted by Crippen LogP contribution is 2.40. The number of fused-ring (bicyclic) bond motifs is 1. The topological polar surface area (TPSA) is 95.9 Å². The molecule has 1 saturated heterocycles. The molecule has 2 heterocycles. The van der Waals surface area contributed by atoms with Crippen molar-refractivity contribution >= 4 is 27.3 Å². The van der Waals surface area contributed by atoms with E-state index in [1.165, 1.54) is 11.4 Å². The monoisotopic (exact) mass is 436 g/mol. The van der Waals surface area contributed by atoms with Crippen LogP contribution in [0, 0.1) is 5.92 Å². The largest absolute Gasteiger partial charge is 0.469 e. The summed E-state index contributed by atoms with van der Waals surface area (Å²) >= 11 is 0. The standard InChI is InChI=1S/C22H32N2O5S/c1-5-20(30(27,28)24-10-8-16(9-11-24)21(26)29-4)18-13-22(2,3)23-19-7-6-15(14-25)12-17(18)19/h6-7,12-13,16,20,23,25H,5,8-11,14H2,1-4H3. The zero-order valence-electron chi connectivity index (χ0n) is 18.1. The molecule has 1 aromatic carbocycles. The van der Waals surface area contributed by atoms with Gasteiger partial charge in [-0.1, -0.05) is 19.1 Å². The smallest absolute Gasteiger partial charge is 0.308 e. The minimum absolute atomic E-state index is 0.103. The number of rotatable bonds is 6. The number of carbonyl (C=O) groups is 1. The fraction of sp³-hybridized carbons (Fsp3) is 0.591. The summed E-state index contributed by atoms with van der Waals surface area (Å²) in [6.07, 6.45) is 3.37. The molecule has 0 saturated carbocycles. The Labute approximate surface area is 179 Å². The van der Waals surface area contributed by atoms with E-state index < -0.39 is 20.8 Å². The van der Waals surface area contributed by atoms with E-state index in [0.29, 0.717) is 32.4 Å². The van der Waals surface area contributed by atoms with Crippen LogP contribution >= 0.6 is 0 Å². The van der Waals surface area contributed by atoms with Crippen molar-refractivity contribution in [2.45, 2.75) is 57.4 Å². The van der Waals surface area contributed by atoms with E-state index in [-0.39, 0.29) is 18.5 Å².